The highest BCUT2D eigenvalue weighted by Gasteiger charge is 2.39. The number of ether oxygens (including phenoxy) is 2. The minimum absolute atomic E-state index is 0.000767. The number of Topliss-reactive ketones (excluding diaryl/α,β-unsaturated/α-hetero) is 1. The Hall–Kier alpha value is -2.03. The number of unbranched alkanes of at least 4 members (excludes halogenated alkanes) is 13. The van der Waals surface area contributed by atoms with E-state index in [4.69, 9.17) is 9.47 Å². The number of hydrogen-bond acceptors (Lipinski definition) is 8. The van der Waals surface area contributed by atoms with Gasteiger partial charge in [-0.1, -0.05) is 135 Å². The Morgan fingerprint density at radius 3 is 2.06 bits per heavy atom. The van der Waals surface area contributed by atoms with Crippen LogP contribution in [-0.2, 0) is 23.9 Å². The van der Waals surface area contributed by atoms with E-state index in [0.29, 0.717) is 32.1 Å². The van der Waals surface area contributed by atoms with Gasteiger partial charge in [-0.15, -0.1) is 0 Å². The van der Waals surface area contributed by atoms with Crippen LogP contribution in [0.2, 0.25) is 0 Å². The zero-order valence-electron chi connectivity index (χ0n) is 30.6. The molecule has 1 aliphatic carbocycles. The number of rotatable bonds is 30. The summed E-state index contributed by atoms with van der Waals surface area (Å²) >= 11 is 0. The van der Waals surface area contributed by atoms with Gasteiger partial charge in [0.15, 0.2) is 6.10 Å². The van der Waals surface area contributed by atoms with Gasteiger partial charge >= 0.3 is 11.9 Å². The zero-order chi connectivity index (χ0) is 35.4. The topological polar surface area (TPSA) is 130 Å². The highest BCUT2D eigenvalue weighted by atomic mass is 16.6. The molecule has 1 saturated carbocycles. The maximum Gasteiger partial charge on any atom is 0.306 e. The van der Waals surface area contributed by atoms with Crippen molar-refractivity contribution in [3.63, 3.8) is 0 Å². The normalized spacial score (nSPS) is 19.5. The second-order valence-corrected chi connectivity index (χ2v) is 14.3. The molecule has 8 heteroatoms. The molecule has 0 aromatic rings. The van der Waals surface area contributed by atoms with E-state index >= 15 is 0 Å². The molecule has 0 heterocycles. The van der Waals surface area contributed by atoms with Crippen molar-refractivity contribution < 1.29 is 39.2 Å². The number of ketones is 1. The third-order valence-corrected chi connectivity index (χ3v) is 9.30. The van der Waals surface area contributed by atoms with Crippen LogP contribution in [0.5, 0.6) is 0 Å². The van der Waals surface area contributed by atoms with Crippen LogP contribution in [0.4, 0.5) is 0 Å². The van der Waals surface area contributed by atoms with Gasteiger partial charge in [0.05, 0.1) is 18.8 Å². The first-order valence-electron chi connectivity index (χ1n) is 19.4. The van der Waals surface area contributed by atoms with Gasteiger partial charge in [-0.3, -0.25) is 14.4 Å². The summed E-state index contributed by atoms with van der Waals surface area (Å²) in [6.45, 7) is 6.13. The molecule has 1 fully saturated rings. The van der Waals surface area contributed by atoms with Crippen LogP contribution >= 0.6 is 0 Å². The SMILES string of the molecule is CCCCC[C@H](O)/C=C/[C@H]1C(=O)C[C@H](O)[C@@H]1C/C=C\CCCC(=O)O[C@@H](CO)COC(=O)CCCCCCCCCCCCCC(C)C. The van der Waals surface area contributed by atoms with Gasteiger partial charge in [0, 0.05) is 31.1 Å². The standard InChI is InChI=1S/C40H70O8/c1-4-5-17-23-33(42)27-28-36-35(37(43)29-38(36)44)24-19-15-16-21-26-40(46)48-34(30-41)31-47-39(45)25-20-14-12-10-8-6-7-9-11-13-18-22-32(2)3/h15,19,27-28,32-37,41-43H,4-14,16-18,20-26,29-31H2,1-3H3/b19-15-,28-27+/t33-,34-,35+,36+,37-/m0/s1. The van der Waals surface area contributed by atoms with Crippen molar-refractivity contribution in [2.24, 2.45) is 17.8 Å². The minimum Gasteiger partial charge on any atom is -0.462 e. The second kappa shape index (κ2) is 28.8. The molecule has 278 valence electrons. The Morgan fingerprint density at radius 2 is 1.44 bits per heavy atom. The van der Waals surface area contributed by atoms with E-state index in [1.807, 2.05) is 12.2 Å². The van der Waals surface area contributed by atoms with E-state index < -0.39 is 36.8 Å². The summed E-state index contributed by atoms with van der Waals surface area (Å²) in [5, 5.41) is 30.1. The molecular formula is C40H70O8. The number of carbonyl (C=O) groups excluding carboxylic acids is 3. The molecule has 0 spiro atoms. The lowest BCUT2D eigenvalue weighted by Gasteiger charge is -2.17. The van der Waals surface area contributed by atoms with Gasteiger partial charge in [-0.2, -0.15) is 0 Å². The predicted molar refractivity (Wildman–Crippen MR) is 192 cm³/mol. The zero-order valence-corrected chi connectivity index (χ0v) is 30.6. The van der Waals surface area contributed by atoms with E-state index in [2.05, 4.69) is 20.8 Å². The van der Waals surface area contributed by atoms with E-state index in [1.165, 1.54) is 57.8 Å². The molecule has 5 atom stereocenters. The fraction of sp³-hybridized carbons (Fsp3) is 0.825. The van der Waals surface area contributed by atoms with Crippen molar-refractivity contribution >= 4 is 17.7 Å². The van der Waals surface area contributed by atoms with Crippen LogP contribution in [0.15, 0.2) is 24.3 Å². The van der Waals surface area contributed by atoms with Crippen LogP contribution < -0.4 is 0 Å². The molecule has 0 radical (unpaired) electrons. The van der Waals surface area contributed by atoms with Crippen molar-refractivity contribution in [3.05, 3.63) is 24.3 Å². The van der Waals surface area contributed by atoms with Gasteiger partial charge < -0.3 is 24.8 Å². The number of hydrogen-bond donors (Lipinski definition) is 3. The third kappa shape index (κ3) is 22.6. The first kappa shape index (κ1) is 44.0. The molecule has 1 aliphatic rings. The smallest absolute Gasteiger partial charge is 0.306 e. The first-order valence-corrected chi connectivity index (χ1v) is 19.4. The molecule has 0 aromatic heterocycles. The second-order valence-electron chi connectivity index (χ2n) is 14.3. The third-order valence-electron chi connectivity index (χ3n) is 9.30. The van der Waals surface area contributed by atoms with Gasteiger partial charge in [0.2, 0.25) is 0 Å². The first-order chi connectivity index (χ1) is 23.2. The largest absolute Gasteiger partial charge is 0.462 e. The summed E-state index contributed by atoms with van der Waals surface area (Å²) in [7, 11) is 0. The molecule has 0 amide bonds. The molecule has 48 heavy (non-hydrogen) atoms. The lowest BCUT2D eigenvalue weighted by Crippen LogP contribution is -2.28. The Kier molecular flexibility index (Phi) is 26.4. The Labute approximate surface area is 292 Å². The van der Waals surface area contributed by atoms with Gasteiger partial charge in [-0.05, 0) is 38.0 Å². The number of aliphatic hydroxyl groups excluding tert-OH is 3. The highest BCUT2D eigenvalue weighted by Crippen LogP contribution is 2.33. The maximum absolute atomic E-state index is 12.4. The minimum atomic E-state index is -0.872. The lowest BCUT2D eigenvalue weighted by molar-refractivity contribution is -0.161. The van der Waals surface area contributed by atoms with Crippen molar-refractivity contribution in [1.29, 1.82) is 0 Å². The molecule has 0 bridgehead atoms. The number of esters is 2. The van der Waals surface area contributed by atoms with Crippen LogP contribution in [0.3, 0.4) is 0 Å². The van der Waals surface area contributed by atoms with Crippen molar-refractivity contribution in [2.45, 2.75) is 180 Å². The quantitative estimate of drug-likeness (QED) is 0.0393. The van der Waals surface area contributed by atoms with Crippen molar-refractivity contribution in [1.82, 2.24) is 0 Å². The van der Waals surface area contributed by atoms with Gasteiger partial charge in [0.25, 0.3) is 0 Å². The van der Waals surface area contributed by atoms with E-state index in [1.54, 1.807) is 12.2 Å². The van der Waals surface area contributed by atoms with Crippen LogP contribution in [-0.4, -0.2) is 64.6 Å². The molecule has 0 saturated heterocycles. The van der Waals surface area contributed by atoms with Gasteiger partial charge in [0.1, 0.15) is 12.4 Å². The Bertz CT molecular complexity index is 898. The predicted octanol–water partition coefficient (Wildman–Crippen LogP) is 8.34. The Morgan fingerprint density at radius 1 is 0.833 bits per heavy atom. The van der Waals surface area contributed by atoms with Crippen LogP contribution in [0, 0.1) is 17.8 Å². The average molecular weight is 679 g/mol. The average Bonchev–Trinajstić information content (AvgIpc) is 3.32. The lowest BCUT2D eigenvalue weighted by atomic mass is 9.90. The van der Waals surface area contributed by atoms with E-state index in [-0.39, 0.29) is 37.1 Å². The number of carbonyl (C=O) groups is 3. The summed E-state index contributed by atoms with van der Waals surface area (Å²) in [5.41, 5.74) is 0. The van der Waals surface area contributed by atoms with E-state index in [0.717, 1.165) is 44.4 Å². The molecule has 0 unspecified atom stereocenters. The molecule has 0 aliphatic heterocycles. The summed E-state index contributed by atoms with van der Waals surface area (Å²) < 4.78 is 10.5. The maximum atomic E-state index is 12.4. The van der Waals surface area contributed by atoms with Gasteiger partial charge in [-0.25, -0.2) is 0 Å². The van der Waals surface area contributed by atoms with Crippen molar-refractivity contribution in [2.75, 3.05) is 13.2 Å². The number of aliphatic hydroxyl groups is 3. The fourth-order valence-electron chi connectivity index (χ4n) is 6.25. The highest BCUT2D eigenvalue weighted by molar-refractivity contribution is 5.86. The summed E-state index contributed by atoms with van der Waals surface area (Å²) in [6.07, 6.45) is 26.0. The van der Waals surface area contributed by atoms with Crippen LogP contribution in [0.25, 0.3) is 0 Å². The fourth-order valence-corrected chi connectivity index (χ4v) is 6.25. The van der Waals surface area contributed by atoms with E-state index in [9.17, 15) is 29.7 Å². The summed E-state index contributed by atoms with van der Waals surface area (Å²) in [5.74, 6) is -0.592. The molecular weight excluding hydrogens is 608 g/mol. The number of allylic oxidation sites excluding steroid dienone is 3. The molecule has 3 N–H and O–H groups in total. The monoisotopic (exact) mass is 679 g/mol. The molecule has 1 rings (SSSR count). The summed E-state index contributed by atoms with van der Waals surface area (Å²) in [4.78, 5) is 36.8. The molecule has 8 nitrogen and oxygen atoms in total. The Balaban J connectivity index is 2.14. The van der Waals surface area contributed by atoms with Crippen molar-refractivity contribution in [3.8, 4) is 0 Å². The molecule has 0 aromatic carbocycles. The van der Waals surface area contributed by atoms with Crippen LogP contribution in [0.1, 0.15) is 162 Å². The summed E-state index contributed by atoms with van der Waals surface area (Å²) in [6, 6.07) is 0.